The van der Waals surface area contributed by atoms with Crippen LogP contribution < -0.4 is 5.32 Å². The van der Waals surface area contributed by atoms with Gasteiger partial charge in [-0.2, -0.15) is 0 Å². The fourth-order valence-electron chi connectivity index (χ4n) is 9.79. The quantitative estimate of drug-likeness (QED) is 0.429. The van der Waals surface area contributed by atoms with Crippen molar-refractivity contribution in [2.24, 2.45) is 46.3 Å². The number of benzene rings is 1. The highest BCUT2D eigenvalue weighted by Gasteiger charge is 2.60. The molecule has 5 rings (SSSR count). The van der Waals surface area contributed by atoms with Gasteiger partial charge in [-0.05, 0) is 129 Å². The maximum absolute atomic E-state index is 10.3. The van der Waals surface area contributed by atoms with E-state index < -0.39 is 0 Å². The molecule has 33 heavy (non-hydrogen) atoms. The molecule has 0 radical (unpaired) electrons. The van der Waals surface area contributed by atoms with Crippen molar-refractivity contribution in [1.29, 1.82) is 0 Å². The summed E-state index contributed by atoms with van der Waals surface area (Å²) in [5, 5.41) is 14.0. The number of fused-ring (bicyclic) bond motifs is 5. The summed E-state index contributed by atoms with van der Waals surface area (Å²) >= 11 is 0. The van der Waals surface area contributed by atoms with Crippen LogP contribution in [0, 0.1) is 46.3 Å². The van der Waals surface area contributed by atoms with E-state index in [4.69, 9.17) is 0 Å². The Morgan fingerprint density at radius 3 is 2.52 bits per heavy atom. The molecule has 2 heteroatoms. The van der Waals surface area contributed by atoms with Gasteiger partial charge in [0.25, 0.3) is 0 Å². The molecule has 2 nitrogen and oxygen atoms in total. The van der Waals surface area contributed by atoms with E-state index in [1.54, 1.807) is 0 Å². The molecule has 0 spiro atoms. The lowest BCUT2D eigenvalue weighted by molar-refractivity contribution is -0.129. The molecule has 0 aliphatic heterocycles. The second-order valence-electron chi connectivity index (χ2n) is 13.1. The number of aliphatic hydroxyl groups is 1. The molecule has 184 valence electrons. The third-order valence-electron chi connectivity index (χ3n) is 11.6. The van der Waals surface area contributed by atoms with Gasteiger partial charge in [-0.3, -0.25) is 0 Å². The number of aliphatic hydroxyl groups excluding tert-OH is 1. The third kappa shape index (κ3) is 4.44. The molecule has 0 amide bonds. The predicted octanol–water partition coefficient (Wildman–Crippen LogP) is 7.21. The molecular weight excluding hydrogens is 402 g/mol. The molecule has 0 aromatic heterocycles. The molecule has 0 saturated heterocycles. The molecule has 2 N–H and O–H groups in total. The van der Waals surface area contributed by atoms with Gasteiger partial charge in [0.05, 0.1) is 6.10 Å². The van der Waals surface area contributed by atoms with E-state index in [1.165, 1.54) is 63.4 Å². The molecule has 1 aromatic rings. The van der Waals surface area contributed by atoms with E-state index in [1.807, 2.05) is 0 Å². The summed E-state index contributed by atoms with van der Waals surface area (Å²) in [6.07, 6.45) is 14.8. The first-order valence-electron chi connectivity index (χ1n) is 14.3. The van der Waals surface area contributed by atoms with Crippen LogP contribution in [0.4, 0.5) is 0 Å². The van der Waals surface area contributed by atoms with Crippen LogP contribution >= 0.6 is 0 Å². The molecule has 4 aliphatic carbocycles. The maximum atomic E-state index is 10.3. The first kappa shape index (κ1) is 23.9. The minimum absolute atomic E-state index is 0.0209. The molecule has 4 saturated carbocycles. The zero-order valence-corrected chi connectivity index (χ0v) is 21.6. The molecule has 0 unspecified atom stereocenters. The lowest BCUT2D eigenvalue weighted by atomic mass is 9.44. The van der Waals surface area contributed by atoms with E-state index in [2.05, 4.69) is 56.4 Å². The monoisotopic (exact) mass is 451 g/mol. The Balaban J connectivity index is 1.16. The fraction of sp³-hybridized carbons (Fsp3) is 0.806. The van der Waals surface area contributed by atoms with Crippen LogP contribution in [0.1, 0.15) is 97.0 Å². The molecular formula is C31H49NO. The number of hydrogen-bond donors (Lipinski definition) is 2. The van der Waals surface area contributed by atoms with Crippen LogP contribution in [0.3, 0.4) is 0 Å². The first-order chi connectivity index (χ1) is 15.9. The van der Waals surface area contributed by atoms with E-state index >= 15 is 0 Å². The van der Waals surface area contributed by atoms with Crippen molar-refractivity contribution in [3.05, 3.63) is 35.9 Å². The standard InChI is InChI=1S/C31H49NO/c1-22(8-7-19-32-21-23-9-5-4-6-10-23)27-13-14-28-26-12-11-24-20-25(33)15-17-30(24,2)29(26)16-18-31(27,28)3/h4-6,9-10,22,24-29,32-33H,7-8,11-21H2,1-3H3/t22-,24-,25-,26+,27-,28+,29+,30+,31-/m1/s1. The zero-order valence-electron chi connectivity index (χ0n) is 21.6. The number of nitrogens with one attached hydrogen (secondary N) is 1. The van der Waals surface area contributed by atoms with Gasteiger partial charge in [-0.15, -0.1) is 0 Å². The Morgan fingerprint density at radius 1 is 0.939 bits per heavy atom. The van der Waals surface area contributed by atoms with Crippen molar-refractivity contribution in [3.8, 4) is 0 Å². The molecule has 9 atom stereocenters. The van der Waals surface area contributed by atoms with Gasteiger partial charge in [0.2, 0.25) is 0 Å². The van der Waals surface area contributed by atoms with Crippen LogP contribution in [-0.2, 0) is 6.54 Å². The van der Waals surface area contributed by atoms with Gasteiger partial charge in [-0.1, -0.05) is 51.1 Å². The summed E-state index contributed by atoms with van der Waals surface area (Å²) in [6.45, 7) is 10.0. The Hall–Kier alpha value is -0.860. The predicted molar refractivity (Wildman–Crippen MR) is 138 cm³/mol. The van der Waals surface area contributed by atoms with Crippen molar-refractivity contribution < 1.29 is 5.11 Å². The maximum Gasteiger partial charge on any atom is 0.0543 e. The van der Waals surface area contributed by atoms with Gasteiger partial charge in [0, 0.05) is 6.54 Å². The van der Waals surface area contributed by atoms with Crippen molar-refractivity contribution in [1.82, 2.24) is 5.32 Å². The summed E-state index contributed by atoms with van der Waals surface area (Å²) in [5.41, 5.74) is 2.48. The second-order valence-corrected chi connectivity index (χ2v) is 13.1. The Kier molecular flexibility index (Phi) is 6.98. The molecule has 1 aromatic carbocycles. The van der Waals surface area contributed by atoms with E-state index in [0.717, 1.165) is 61.4 Å². The van der Waals surface area contributed by atoms with Gasteiger partial charge >= 0.3 is 0 Å². The van der Waals surface area contributed by atoms with Crippen LogP contribution in [0.15, 0.2) is 30.3 Å². The summed E-state index contributed by atoms with van der Waals surface area (Å²) in [5.74, 6) is 5.42. The topological polar surface area (TPSA) is 32.3 Å². The average molecular weight is 452 g/mol. The average Bonchev–Trinajstić information content (AvgIpc) is 3.17. The zero-order chi connectivity index (χ0) is 23.1. The van der Waals surface area contributed by atoms with E-state index in [9.17, 15) is 5.11 Å². The lowest BCUT2D eigenvalue weighted by Gasteiger charge is -2.61. The summed E-state index contributed by atoms with van der Waals surface area (Å²) in [4.78, 5) is 0. The van der Waals surface area contributed by atoms with Gasteiger partial charge in [0.1, 0.15) is 0 Å². The minimum Gasteiger partial charge on any atom is -0.393 e. The van der Waals surface area contributed by atoms with Crippen molar-refractivity contribution in [2.45, 2.75) is 104 Å². The normalized spacial score (nSPS) is 43.4. The molecule has 0 bridgehead atoms. The van der Waals surface area contributed by atoms with Crippen LogP contribution in [0.25, 0.3) is 0 Å². The van der Waals surface area contributed by atoms with E-state index in [-0.39, 0.29) is 6.10 Å². The SMILES string of the molecule is C[C@H](CCCNCc1ccccc1)[C@H]1CC[C@H]2[C@@H]3CC[C@@H]4C[C@H](O)CC[C@]4(C)[C@H]3CC[C@]12C. The smallest absolute Gasteiger partial charge is 0.0543 e. The molecule has 4 fully saturated rings. The Bertz CT molecular complexity index is 778. The van der Waals surface area contributed by atoms with E-state index in [0.29, 0.717) is 10.8 Å². The first-order valence-corrected chi connectivity index (χ1v) is 14.3. The largest absolute Gasteiger partial charge is 0.393 e. The highest BCUT2D eigenvalue weighted by Crippen LogP contribution is 2.68. The fourth-order valence-corrected chi connectivity index (χ4v) is 9.79. The van der Waals surface area contributed by atoms with Crippen molar-refractivity contribution in [2.75, 3.05) is 6.54 Å². The highest BCUT2D eigenvalue weighted by atomic mass is 16.3. The number of rotatable bonds is 7. The van der Waals surface area contributed by atoms with Gasteiger partial charge in [0.15, 0.2) is 0 Å². The van der Waals surface area contributed by atoms with Crippen LogP contribution in [-0.4, -0.2) is 17.8 Å². The van der Waals surface area contributed by atoms with Crippen LogP contribution in [0.2, 0.25) is 0 Å². The number of hydrogen-bond acceptors (Lipinski definition) is 2. The summed E-state index contributed by atoms with van der Waals surface area (Å²) in [6, 6.07) is 10.8. The summed E-state index contributed by atoms with van der Waals surface area (Å²) < 4.78 is 0. The molecule has 0 heterocycles. The second kappa shape index (κ2) is 9.65. The van der Waals surface area contributed by atoms with Crippen molar-refractivity contribution >= 4 is 0 Å². The minimum atomic E-state index is -0.0209. The summed E-state index contributed by atoms with van der Waals surface area (Å²) in [7, 11) is 0. The van der Waals surface area contributed by atoms with Gasteiger partial charge in [-0.25, -0.2) is 0 Å². The molecule has 4 aliphatic rings. The lowest BCUT2D eigenvalue weighted by Crippen LogP contribution is -2.54. The third-order valence-corrected chi connectivity index (χ3v) is 11.6. The Labute approximate surface area is 203 Å². The van der Waals surface area contributed by atoms with Crippen LogP contribution in [0.5, 0.6) is 0 Å². The van der Waals surface area contributed by atoms with Crippen molar-refractivity contribution in [3.63, 3.8) is 0 Å². The van der Waals surface area contributed by atoms with Gasteiger partial charge < -0.3 is 10.4 Å². The Morgan fingerprint density at radius 2 is 1.70 bits per heavy atom. The highest BCUT2D eigenvalue weighted by molar-refractivity contribution is 5.14.